The van der Waals surface area contributed by atoms with Crippen LogP contribution in [0.3, 0.4) is 0 Å². The fourth-order valence-corrected chi connectivity index (χ4v) is 5.96. The minimum atomic E-state index is -1.50. The van der Waals surface area contributed by atoms with E-state index >= 15 is 0 Å². The number of hydrogen-bond acceptors (Lipinski definition) is 5. The first kappa shape index (κ1) is 29.2. The molecule has 0 spiro atoms. The Morgan fingerprint density at radius 3 is 2.11 bits per heavy atom. The van der Waals surface area contributed by atoms with Gasteiger partial charge in [-0.1, -0.05) is 53.9 Å². The molecule has 2 aliphatic carbocycles. The minimum absolute atomic E-state index is 0.0458. The van der Waals surface area contributed by atoms with Gasteiger partial charge in [-0.2, -0.15) is 0 Å². The van der Waals surface area contributed by atoms with Crippen LogP contribution in [0, 0.1) is 28.6 Å². The van der Waals surface area contributed by atoms with Gasteiger partial charge in [0.15, 0.2) is 6.10 Å². The van der Waals surface area contributed by atoms with Gasteiger partial charge in [0.25, 0.3) is 0 Å². The van der Waals surface area contributed by atoms with Gasteiger partial charge in [-0.05, 0) is 55.8 Å². The molecule has 0 radical (unpaired) electrons. The maximum atomic E-state index is 13.9. The normalized spacial score (nSPS) is 27.3. The molecule has 37 heavy (non-hydrogen) atoms. The molecule has 6 atom stereocenters. The number of amides is 5. The molecule has 0 aromatic rings. The molecule has 1 aliphatic heterocycles. The zero-order valence-electron chi connectivity index (χ0n) is 23.7. The van der Waals surface area contributed by atoms with Crippen LogP contribution in [-0.2, 0) is 14.4 Å². The Morgan fingerprint density at radius 1 is 1.05 bits per heavy atom. The first-order valence-electron chi connectivity index (χ1n) is 13.5. The highest BCUT2D eigenvalue weighted by Gasteiger charge is 2.69. The quantitative estimate of drug-likeness (QED) is 0.328. The first-order valence-corrected chi connectivity index (χ1v) is 13.5. The van der Waals surface area contributed by atoms with Crippen LogP contribution in [0.15, 0.2) is 0 Å². The number of nitrogens with two attached hydrogens (primary N) is 1. The highest BCUT2D eigenvalue weighted by Crippen LogP contribution is 2.65. The molecule has 1 saturated heterocycles. The van der Waals surface area contributed by atoms with E-state index in [-0.39, 0.29) is 29.1 Å². The fraction of sp³-hybridized carbons (Fsp3) is 0.852. The van der Waals surface area contributed by atoms with Crippen LogP contribution >= 0.6 is 0 Å². The monoisotopic (exact) mass is 521 g/mol. The van der Waals surface area contributed by atoms with Gasteiger partial charge >= 0.3 is 6.03 Å². The maximum absolute atomic E-state index is 13.9. The Hall–Kier alpha value is -2.36. The minimum Gasteiger partial charge on any atom is -0.381 e. The lowest BCUT2D eigenvalue weighted by atomic mass is 9.79. The molecule has 3 unspecified atom stereocenters. The van der Waals surface area contributed by atoms with Crippen LogP contribution < -0.4 is 21.7 Å². The molecule has 0 bridgehead atoms. The topological polar surface area (TPSA) is 154 Å². The fourth-order valence-electron chi connectivity index (χ4n) is 5.96. The molecular weight excluding hydrogens is 474 g/mol. The van der Waals surface area contributed by atoms with Crippen molar-refractivity contribution in [2.24, 2.45) is 34.3 Å². The van der Waals surface area contributed by atoms with Crippen LogP contribution in [0.5, 0.6) is 0 Å². The number of carbonyl (C=O) groups is 4. The third kappa shape index (κ3) is 6.38. The Labute approximate surface area is 220 Å². The molecule has 5 amide bonds. The van der Waals surface area contributed by atoms with Crippen LogP contribution in [0.4, 0.5) is 4.79 Å². The summed E-state index contributed by atoms with van der Waals surface area (Å²) < 4.78 is 0. The lowest BCUT2D eigenvalue weighted by Crippen LogP contribution is -2.62. The van der Waals surface area contributed by atoms with E-state index < -0.39 is 47.1 Å². The number of urea groups is 1. The lowest BCUT2D eigenvalue weighted by Gasteiger charge is -2.39. The molecule has 3 aliphatic rings. The molecule has 10 heteroatoms. The number of rotatable bonds is 8. The van der Waals surface area contributed by atoms with Gasteiger partial charge in [0.05, 0.1) is 6.04 Å². The summed E-state index contributed by atoms with van der Waals surface area (Å²) in [4.78, 5) is 53.7. The van der Waals surface area contributed by atoms with Crippen molar-refractivity contribution in [2.75, 3.05) is 6.54 Å². The summed E-state index contributed by atoms with van der Waals surface area (Å²) in [6.45, 7) is 15.8. The summed E-state index contributed by atoms with van der Waals surface area (Å²) in [5, 5.41) is 19.0. The van der Waals surface area contributed by atoms with Gasteiger partial charge in [0.2, 0.25) is 17.7 Å². The smallest absolute Gasteiger partial charge is 0.315 e. The van der Waals surface area contributed by atoms with Crippen molar-refractivity contribution in [3.63, 3.8) is 0 Å². The number of hydrogen-bond donors (Lipinski definition) is 5. The summed E-state index contributed by atoms with van der Waals surface area (Å²) >= 11 is 0. The molecule has 3 fully saturated rings. The average Bonchev–Trinajstić information content (AvgIpc) is 3.06. The number of aliphatic hydroxyl groups excluding tert-OH is 1. The zero-order chi connectivity index (χ0) is 28.1. The Kier molecular flexibility index (Phi) is 7.95. The van der Waals surface area contributed by atoms with E-state index in [0.717, 1.165) is 19.3 Å². The summed E-state index contributed by atoms with van der Waals surface area (Å²) in [7, 11) is 0. The molecule has 1 heterocycles. The lowest BCUT2D eigenvalue weighted by molar-refractivity contribution is -0.144. The zero-order valence-corrected chi connectivity index (χ0v) is 23.7. The number of nitrogens with zero attached hydrogens (tertiary/aromatic N) is 1. The molecule has 10 nitrogen and oxygen atoms in total. The van der Waals surface area contributed by atoms with Gasteiger partial charge < -0.3 is 31.7 Å². The second-order valence-electron chi connectivity index (χ2n) is 14.0. The van der Waals surface area contributed by atoms with Gasteiger partial charge in [-0.3, -0.25) is 14.4 Å². The summed E-state index contributed by atoms with van der Waals surface area (Å²) in [6, 6.07) is -2.86. The predicted molar refractivity (Wildman–Crippen MR) is 140 cm³/mol. The Balaban J connectivity index is 1.83. The number of carbonyl (C=O) groups excluding carboxylic acids is 4. The van der Waals surface area contributed by atoms with E-state index in [1.54, 1.807) is 4.90 Å². The van der Waals surface area contributed by atoms with E-state index in [1.807, 2.05) is 41.5 Å². The van der Waals surface area contributed by atoms with Gasteiger partial charge in [-0.15, -0.1) is 0 Å². The highest BCUT2D eigenvalue weighted by atomic mass is 16.3. The highest BCUT2D eigenvalue weighted by molar-refractivity contribution is 5.94. The molecular formula is C27H47N5O5. The summed E-state index contributed by atoms with van der Waals surface area (Å²) in [6.07, 6.45) is 2.03. The van der Waals surface area contributed by atoms with E-state index in [1.165, 1.54) is 0 Å². The molecule has 0 aromatic heterocycles. The maximum Gasteiger partial charge on any atom is 0.315 e. The molecule has 210 valence electrons. The third-order valence-corrected chi connectivity index (χ3v) is 8.45. The second-order valence-corrected chi connectivity index (χ2v) is 14.0. The number of fused-ring (bicyclic) bond motifs is 1. The number of piperidine rings is 1. The number of aliphatic hydroxyl groups is 1. The molecule has 6 N–H and O–H groups in total. The number of primary amides is 1. The average molecular weight is 522 g/mol. The van der Waals surface area contributed by atoms with E-state index in [9.17, 15) is 24.3 Å². The van der Waals surface area contributed by atoms with Crippen molar-refractivity contribution >= 4 is 23.8 Å². The van der Waals surface area contributed by atoms with Crippen molar-refractivity contribution in [2.45, 2.75) is 111 Å². The second kappa shape index (κ2) is 10.1. The number of nitrogens with one attached hydrogen (secondary N) is 3. The Morgan fingerprint density at radius 2 is 1.65 bits per heavy atom. The van der Waals surface area contributed by atoms with E-state index in [2.05, 4.69) is 29.8 Å². The van der Waals surface area contributed by atoms with Crippen LogP contribution in [0.25, 0.3) is 0 Å². The van der Waals surface area contributed by atoms with Crippen molar-refractivity contribution in [1.82, 2.24) is 20.9 Å². The van der Waals surface area contributed by atoms with E-state index in [4.69, 9.17) is 5.73 Å². The van der Waals surface area contributed by atoms with Crippen LogP contribution in [-0.4, -0.2) is 70.1 Å². The summed E-state index contributed by atoms with van der Waals surface area (Å²) in [5.74, 6) is -1.15. The molecule has 3 rings (SSSR count). The van der Waals surface area contributed by atoms with Crippen molar-refractivity contribution in [1.29, 1.82) is 0 Å². The Bertz CT molecular complexity index is 917. The van der Waals surface area contributed by atoms with Crippen molar-refractivity contribution < 1.29 is 24.3 Å². The summed E-state index contributed by atoms with van der Waals surface area (Å²) in [5.41, 5.74) is 4.19. The van der Waals surface area contributed by atoms with Gasteiger partial charge in [-0.25, -0.2) is 4.79 Å². The van der Waals surface area contributed by atoms with Crippen molar-refractivity contribution in [3.8, 4) is 0 Å². The molecule has 2 saturated carbocycles. The standard InChI is InChI=1S/C27H47N5O5/c1-25(2,3)20(30-24(37)31-26(4,5)6)23(36)32-13-15-17(27(15,7)8)18(32)22(35)29-16(19(33)21(28)34)12-14-10-9-11-14/h14-20,33H,9-13H2,1-8H3,(H2,28,34)(H,29,35)(H2,30,31,37)/t15-,16?,17-,18-,19?,20?/m0/s1. The molecule has 0 aromatic carbocycles. The van der Waals surface area contributed by atoms with Crippen LogP contribution in [0.2, 0.25) is 0 Å². The van der Waals surface area contributed by atoms with Crippen molar-refractivity contribution in [3.05, 3.63) is 0 Å². The number of likely N-dealkylation sites (tertiary alicyclic amines) is 1. The third-order valence-electron chi connectivity index (χ3n) is 8.45. The largest absolute Gasteiger partial charge is 0.381 e. The first-order chi connectivity index (χ1) is 16.8. The van der Waals surface area contributed by atoms with E-state index in [0.29, 0.717) is 18.9 Å². The van der Waals surface area contributed by atoms with Gasteiger partial charge in [0.1, 0.15) is 12.1 Å². The predicted octanol–water partition coefficient (Wildman–Crippen LogP) is 1.50. The van der Waals surface area contributed by atoms with Crippen LogP contribution in [0.1, 0.15) is 81.1 Å². The van der Waals surface area contributed by atoms with Gasteiger partial charge in [0, 0.05) is 12.1 Å². The SMILES string of the molecule is CC(C)(C)NC(=O)NC(C(=O)N1C[C@H]2[C@@H]([C@H]1C(=O)NC(CC1CCC1)C(O)C(N)=O)C2(C)C)C(C)(C)C.